The molecule has 0 heterocycles. The van der Waals surface area contributed by atoms with Crippen LogP contribution in [-0.4, -0.2) is 14.2 Å². The van der Waals surface area contributed by atoms with E-state index >= 15 is 0 Å². The Morgan fingerprint density at radius 1 is 1.05 bits per heavy atom. The molecule has 0 aromatic heterocycles. The van der Waals surface area contributed by atoms with Gasteiger partial charge in [-0.1, -0.05) is 25.3 Å². The van der Waals surface area contributed by atoms with Gasteiger partial charge in [-0.2, -0.15) is 0 Å². The number of hydrogen-bond donors (Lipinski definition) is 1. The molecule has 0 bridgehead atoms. The van der Waals surface area contributed by atoms with E-state index in [9.17, 15) is 0 Å². The van der Waals surface area contributed by atoms with E-state index in [4.69, 9.17) is 15.2 Å². The molecule has 2 rings (SSSR count). The fraction of sp³-hybridized carbons (Fsp3) is 0.600. The van der Waals surface area contributed by atoms with Gasteiger partial charge in [-0.3, -0.25) is 0 Å². The van der Waals surface area contributed by atoms with Crippen LogP contribution in [0.15, 0.2) is 18.2 Å². The molecule has 108 valence electrons. The van der Waals surface area contributed by atoms with Gasteiger partial charge >= 0.3 is 0 Å². The summed E-state index contributed by atoms with van der Waals surface area (Å²) < 4.78 is 10.9. The van der Waals surface area contributed by atoms with E-state index in [0.29, 0.717) is 5.92 Å². The first-order valence-corrected chi connectivity index (χ1v) is 6.74. The molecule has 0 unspecified atom stereocenters. The monoisotopic (exact) mass is 285 g/mol. The van der Waals surface area contributed by atoms with Gasteiger partial charge in [0.05, 0.1) is 19.8 Å². The Bertz CT molecular complexity index is 369. The lowest BCUT2D eigenvalue weighted by molar-refractivity contribution is 0.293. The van der Waals surface area contributed by atoms with Crippen molar-refractivity contribution in [2.75, 3.05) is 14.2 Å². The molecular weight excluding hydrogens is 262 g/mol. The Kier molecular flexibility index (Phi) is 6.46. The molecule has 1 fully saturated rings. The SMILES string of the molecule is COc1cccc(OC)c1[C@@H](N)C1CCCCC1.Cl. The summed E-state index contributed by atoms with van der Waals surface area (Å²) in [6, 6.07) is 5.87. The highest BCUT2D eigenvalue weighted by Gasteiger charge is 2.26. The smallest absolute Gasteiger partial charge is 0.127 e. The van der Waals surface area contributed by atoms with E-state index in [2.05, 4.69) is 0 Å². The third-order valence-electron chi connectivity index (χ3n) is 3.96. The lowest BCUT2D eigenvalue weighted by atomic mass is 9.81. The molecule has 1 saturated carbocycles. The van der Waals surface area contributed by atoms with Crippen molar-refractivity contribution in [2.24, 2.45) is 11.7 Å². The van der Waals surface area contributed by atoms with Gasteiger partial charge in [-0.25, -0.2) is 0 Å². The summed E-state index contributed by atoms with van der Waals surface area (Å²) in [6.45, 7) is 0. The Morgan fingerprint density at radius 2 is 1.58 bits per heavy atom. The maximum atomic E-state index is 6.46. The van der Waals surface area contributed by atoms with Crippen LogP contribution in [0, 0.1) is 5.92 Å². The summed E-state index contributed by atoms with van der Waals surface area (Å²) in [5, 5.41) is 0. The highest BCUT2D eigenvalue weighted by Crippen LogP contribution is 2.40. The topological polar surface area (TPSA) is 44.5 Å². The fourth-order valence-electron chi connectivity index (χ4n) is 2.94. The van der Waals surface area contributed by atoms with E-state index in [1.54, 1.807) is 14.2 Å². The number of halogens is 1. The maximum absolute atomic E-state index is 6.46. The van der Waals surface area contributed by atoms with Gasteiger partial charge < -0.3 is 15.2 Å². The average molecular weight is 286 g/mol. The first-order valence-electron chi connectivity index (χ1n) is 6.74. The molecule has 0 amide bonds. The van der Waals surface area contributed by atoms with E-state index < -0.39 is 0 Å². The Morgan fingerprint density at radius 3 is 2.05 bits per heavy atom. The number of methoxy groups -OCH3 is 2. The highest BCUT2D eigenvalue weighted by molar-refractivity contribution is 5.85. The molecule has 0 saturated heterocycles. The molecule has 1 aliphatic rings. The third-order valence-corrected chi connectivity index (χ3v) is 3.96. The molecule has 1 aromatic rings. The lowest BCUT2D eigenvalue weighted by Gasteiger charge is -2.29. The average Bonchev–Trinajstić information content (AvgIpc) is 2.46. The molecular formula is C15H24ClNO2. The summed E-state index contributed by atoms with van der Waals surface area (Å²) in [6.07, 6.45) is 6.34. The first-order chi connectivity index (χ1) is 8.77. The first kappa shape index (κ1) is 16.1. The quantitative estimate of drug-likeness (QED) is 0.917. The summed E-state index contributed by atoms with van der Waals surface area (Å²) in [7, 11) is 3.37. The van der Waals surface area contributed by atoms with Gasteiger partial charge in [0.2, 0.25) is 0 Å². The molecule has 1 aromatic carbocycles. The van der Waals surface area contributed by atoms with Crippen molar-refractivity contribution in [3.8, 4) is 11.5 Å². The lowest BCUT2D eigenvalue weighted by Crippen LogP contribution is -2.24. The van der Waals surface area contributed by atoms with Crippen LogP contribution in [0.1, 0.15) is 43.7 Å². The zero-order valence-corrected chi connectivity index (χ0v) is 12.5. The summed E-state index contributed by atoms with van der Waals surface area (Å²) >= 11 is 0. The molecule has 0 aliphatic heterocycles. The van der Waals surface area contributed by atoms with E-state index in [1.165, 1.54) is 32.1 Å². The van der Waals surface area contributed by atoms with E-state index in [1.807, 2.05) is 18.2 Å². The molecule has 1 aliphatic carbocycles. The predicted molar refractivity (Wildman–Crippen MR) is 80.3 cm³/mol. The second-order valence-electron chi connectivity index (χ2n) is 5.00. The standard InChI is InChI=1S/C15H23NO2.ClH/c1-17-12-9-6-10-13(18-2)14(12)15(16)11-7-4-3-5-8-11;/h6,9-11,15H,3-5,7-8,16H2,1-2H3;1H/t15-;/m0./s1. The van der Waals surface area contributed by atoms with Gasteiger partial charge in [-0.15, -0.1) is 12.4 Å². The summed E-state index contributed by atoms with van der Waals surface area (Å²) in [4.78, 5) is 0. The van der Waals surface area contributed by atoms with E-state index in [-0.39, 0.29) is 18.4 Å². The zero-order chi connectivity index (χ0) is 13.0. The molecule has 1 atom stereocenters. The summed E-state index contributed by atoms with van der Waals surface area (Å²) in [5.41, 5.74) is 7.49. The van der Waals surface area contributed by atoms with Crippen molar-refractivity contribution < 1.29 is 9.47 Å². The van der Waals surface area contributed by atoms with Crippen LogP contribution in [0.2, 0.25) is 0 Å². The minimum absolute atomic E-state index is 0. The minimum atomic E-state index is 0. The van der Waals surface area contributed by atoms with Crippen molar-refractivity contribution >= 4 is 12.4 Å². The van der Waals surface area contributed by atoms with Crippen LogP contribution in [0.3, 0.4) is 0 Å². The molecule has 2 N–H and O–H groups in total. The largest absolute Gasteiger partial charge is 0.496 e. The van der Waals surface area contributed by atoms with Gasteiger partial charge in [0.1, 0.15) is 11.5 Å². The van der Waals surface area contributed by atoms with Gasteiger partial charge in [0.15, 0.2) is 0 Å². The number of ether oxygens (including phenoxy) is 2. The number of hydrogen-bond acceptors (Lipinski definition) is 3. The Labute approximate surface area is 121 Å². The zero-order valence-electron chi connectivity index (χ0n) is 11.7. The molecule has 0 spiro atoms. The number of rotatable bonds is 4. The fourth-order valence-corrected chi connectivity index (χ4v) is 2.94. The van der Waals surface area contributed by atoms with Crippen LogP contribution in [0.5, 0.6) is 11.5 Å². The third kappa shape index (κ3) is 3.54. The second kappa shape index (κ2) is 7.61. The van der Waals surface area contributed by atoms with Crippen LogP contribution >= 0.6 is 12.4 Å². The number of benzene rings is 1. The van der Waals surface area contributed by atoms with Crippen LogP contribution in [0.4, 0.5) is 0 Å². The van der Waals surface area contributed by atoms with Crippen LogP contribution in [0.25, 0.3) is 0 Å². The van der Waals surface area contributed by atoms with Crippen molar-refractivity contribution in [1.29, 1.82) is 0 Å². The molecule has 19 heavy (non-hydrogen) atoms. The summed E-state index contributed by atoms with van der Waals surface area (Å²) in [5.74, 6) is 2.23. The van der Waals surface area contributed by atoms with Crippen LogP contribution in [-0.2, 0) is 0 Å². The van der Waals surface area contributed by atoms with Crippen molar-refractivity contribution in [3.05, 3.63) is 23.8 Å². The predicted octanol–water partition coefficient (Wildman–Crippen LogP) is 3.71. The van der Waals surface area contributed by atoms with Gasteiger partial charge in [-0.05, 0) is 30.9 Å². The molecule has 0 radical (unpaired) electrons. The van der Waals surface area contributed by atoms with E-state index in [0.717, 1.165) is 17.1 Å². The maximum Gasteiger partial charge on any atom is 0.127 e. The van der Waals surface area contributed by atoms with Crippen LogP contribution < -0.4 is 15.2 Å². The van der Waals surface area contributed by atoms with Crippen molar-refractivity contribution in [3.63, 3.8) is 0 Å². The van der Waals surface area contributed by atoms with Gasteiger partial charge in [0.25, 0.3) is 0 Å². The van der Waals surface area contributed by atoms with Crippen molar-refractivity contribution in [2.45, 2.75) is 38.1 Å². The Balaban J connectivity index is 0.00000180. The highest BCUT2D eigenvalue weighted by atomic mass is 35.5. The molecule has 3 nitrogen and oxygen atoms in total. The van der Waals surface area contributed by atoms with Gasteiger partial charge in [0, 0.05) is 6.04 Å². The molecule has 4 heteroatoms. The minimum Gasteiger partial charge on any atom is -0.496 e. The number of nitrogens with two attached hydrogens (primary N) is 1. The normalized spacial score (nSPS) is 17.4. The second-order valence-corrected chi connectivity index (χ2v) is 5.00. The Hall–Kier alpha value is -0.930. The van der Waals surface area contributed by atoms with Crippen molar-refractivity contribution in [1.82, 2.24) is 0 Å².